The molecular weight excluding hydrogens is 311 g/mol. The van der Waals surface area contributed by atoms with Crippen LogP contribution in [0.2, 0.25) is 0 Å². The van der Waals surface area contributed by atoms with Crippen LogP contribution in [0.15, 0.2) is 22.7 Å². The lowest BCUT2D eigenvalue weighted by molar-refractivity contribution is 0.0924. The van der Waals surface area contributed by atoms with E-state index in [1.165, 1.54) is 12.1 Å². The van der Waals surface area contributed by atoms with E-state index in [1.54, 1.807) is 6.07 Å². The van der Waals surface area contributed by atoms with Crippen molar-refractivity contribution in [1.29, 1.82) is 0 Å². The highest BCUT2D eigenvalue weighted by atomic mass is 79.9. The van der Waals surface area contributed by atoms with Crippen LogP contribution >= 0.6 is 15.9 Å². The number of benzene rings is 1. The average molecular weight is 329 g/mol. The Morgan fingerprint density at radius 2 is 2.32 bits per heavy atom. The predicted molar refractivity (Wildman–Crippen MR) is 76.6 cm³/mol. The maximum Gasteiger partial charge on any atom is 0.251 e. The summed E-state index contributed by atoms with van der Waals surface area (Å²) in [5.74, 6) is -0.642. The van der Waals surface area contributed by atoms with Crippen LogP contribution < -0.4 is 10.6 Å². The van der Waals surface area contributed by atoms with Gasteiger partial charge in [-0.25, -0.2) is 4.39 Å². The molecule has 0 radical (unpaired) electrons. The Hall–Kier alpha value is -0.940. The minimum atomic E-state index is -0.412. The minimum Gasteiger partial charge on any atom is -0.351 e. The van der Waals surface area contributed by atoms with E-state index in [0.29, 0.717) is 16.6 Å². The molecule has 5 heteroatoms. The molecule has 1 unspecified atom stereocenters. The number of carbonyl (C=O) groups is 1. The van der Waals surface area contributed by atoms with E-state index < -0.39 is 5.82 Å². The number of nitrogens with one attached hydrogen (secondary N) is 2. The fourth-order valence-corrected chi connectivity index (χ4v) is 2.82. The van der Waals surface area contributed by atoms with Crippen LogP contribution in [0.25, 0.3) is 0 Å². The predicted octanol–water partition coefficient (Wildman–Crippen LogP) is 2.71. The number of amides is 1. The number of hydrogen-bond acceptors (Lipinski definition) is 2. The second kappa shape index (κ2) is 6.01. The highest BCUT2D eigenvalue weighted by molar-refractivity contribution is 9.10. The van der Waals surface area contributed by atoms with E-state index in [1.807, 2.05) is 0 Å². The summed E-state index contributed by atoms with van der Waals surface area (Å²) in [6.07, 6.45) is 2.21. The summed E-state index contributed by atoms with van der Waals surface area (Å²) in [5, 5.41) is 6.24. The molecule has 3 nitrogen and oxygen atoms in total. The molecule has 1 aliphatic heterocycles. The summed E-state index contributed by atoms with van der Waals surface area (Å²) in [6, 6.07) is 4.21. The van der Waals surface area contributed by atoms with Gasteiger partial charge >= 0.3 is 0 Å². The lowest BCUT2D eigenvalue weighted by Gasteiger charge is -2.34. The quantitative estimate of drug-likeness (QED) is 0.895. The molecule has 104 valence electrons. The van der Waals surface area contributed by atoms with Gasteiger partial charge < -0.3 is 10.6 Å². The third kappa shape index (κ3) is 4.01. The number of hydrogen-bond donors (Lipinski definition) is 2. The Morgan fingerprint density at radius 3 is 2.95 bits per heavy atom. The van der Waals surface area contributed by atoms with Crippen molar-refractivity contribution < 1.29 is 9.18 Å². The molecule has 1 aromatic rings. The fourth-order valence-electron chi connectivity index (χ4n) is 2.35. The molecule has 0 aliphatic carbocycles. The van der Waals surface area contributed by atoms with Gasteiger partial charge in [-0.1, -0.05) is 22.9 Å². The molecule has 2 N–H and O–H groups in total. The molecule has 19 heavy (non-hydrogen) atoms. The van der Waals surface area contributed by atoms with Gasteiger partial charge in [0, 0.05) is 23.1 Å². The summed E-state index contributed by atoms with van der Waals surface area (Å²) in [4.78, 5) is 12.0. The van der Waals surface area contributed by atoms with Crippen LogP contribution in [0.4, 0.5) is 4.39 Å². The van der Waals surface area contributed by atoms with Crippen molar-refractivity contribution in [1.82, 2.24) is 10.6 Å². The standard InChI is InChI=1S/C14H18BrFN2O/c1-14(3-2-4-17-8-14)9-18-13(19)10-5-11(15)7-12(16)6-10/h5-7,17H,2-4,8-9H2,1H3,(H,18,19). The molecule has 1 aromatic carbocycles. The first-order valence-electron chi connectivity index (χ1n) is 6.44. The minimum absolute atomic E-state index is 0.0818. The smallest absolute Gasteiger partial charge is 0.251 e. The van der Waals surface area contributed by atoms with Crippen molar-refractivity contribution in [3.05, 3.63) is 34.1 Å². The van der Waals surface area contributed by atoms with Crippen LogP contribution in [-0.4, -0.2) is 25.5 Å². The Balaban J connectivity index is 1.97. The molecule has 1 heterocycles. The molecule has 0 bridgehead atoms. The van der Waals surface area contributed by atoms with Crippen molar-refractivity contribution in [3.63, 3.8) is 0 Å². The maximum atomic E-state index is 13.2. The van der Waals surface area contributed by atoms with E-state index in [-0.39, 0.29) is 11.3 Å². The first kappa shape index (κ1) is 14.5. The van der Waals surface area contributed by atoms with Gasteiger partial charge in [0.25, 0.3) is 5.91 Å². The Kier molecular flexibility index (Phi) is 4.58. The third-order valence-electron chi connectivity index (χ3n) is 3.49. The number of rotatable bonds is 3. The van der Waals surface area contributed by atoms with Gasteiger partial charge in [-0.2, -0.15) is 0 Å². The van der Waals surface area contributed by atoms with E-state index >= 15 is 0 Å². The molecule has 0 saturated carbocycles. The topological polar surface area (TPSA) is 41.1 Å². The highest BCUT2D eigenvalue weighted by Gasteiger charge is 2.27. The molecule has 1 saturated heterocycles. The first-order chi connectivity index (χ1) is 8.98. The second-order valence-corrected chi connectivity index (χ2v) is 6.35. The molecule has 1 atom stereocenters. The summed E-state index contributed by atoms with van der Waals surface area (Å²) >= 11 is 3.19. The SMILES string of the molecule is CC1(CNC(=O)c2cc(F)cc(Br)c2)CCCNC1. The summed E-state index contributed by atoms with van der Waals surface area (Å²) in [7, 11) is 0. The molecular formula is C14H18BrFN2O. The Morgan fingerprint density at radius 1 is 1.53 bits per heavy atom. The van der Waals surface area contributed by atoms with E-state index in [2.05, 4.69) is 33.5 Å². The van der Waals surface area contributed by atoms with Crippen molar-refractivity contribution in [2.45, 2.75) is 19.8 Å². The van der Waals surface area contributed by atoms with E-state index in [4.69, 9.17) is 0 Å². The van der Waals surface area contributed by atoms with Crippen molar-refractivity contribution in [3.8, 4) is 0 Å². The van der Waals surface area contributed by atoms with Gasteiger partial charge in [0.15, 0.2) is 0 Å². The normalized spacial score (nSPS) is 23.1. The highest BCUT2D eigenvalue weighted by Crippen LogP contribution is 2.24. The van der Waals surface area contributed by atoms with Gasteiger partial charge in [-0.15, -0.1) is 0 Å². The van der Waals surface area contributed by atoms with Crippen LogP contribution in [0.3, 0.4) is 0 Å². The van der Waals surface area contributed by atoms with Gasteiger partial charge in [0.2, 0.25) is 0 Å². The number of piperidine rings is 1. The monoisotopic (exact) mass is 328 g/mol. The third-order valence-corrected chi connectivity index (χ3v) is 3.94. The zero-order valence-corrected chi connectivity index (χ0v) is 12.5. The van der Waals surface area contributed by atoms with Crippen LogP contribution in [0, 0.1) is 11.2 Å². The van der Waals surface area contributed by atoms with E-state index in [9.17, 15) is 9.18 Å². The Bertz CT molecular complexity index is 452. The van der Waals surface area contributed by atoms with Crippen molar-refractivity contribution in [2.75, 3.05) is 19.6 Å². The molecule has 1 aliphatic rings. The molecule has 0 aromatic heterocycles. The second-order valence-electron chi connectivity index (χ2n) is 5.43. The number of carbonyl (C=O) groups excluding carboxylic acids is 1. The number of halogens is 2. The zero-order valence-electron chi connectivity index (χ0n) is 10.9. The molecule has 0 spiro atoms. The summed E-state index contributed by atoms with van der Waals surface area (Å²) < 4.78 is 13.8. The molecule has 2 rings (SSSR count). The lowest BCUT2D eigenvalue weighted by atomic mass is 9.83. The average Bonchev–Trinajstić information content (AvgIpc) is 2.36. The summed E-state index contributed by atoms with van der Waals surface area (Å²) in [6.45, 7) is 4.70. The fraction of sp³-hybridized carbons (Fsp3) is 0.500. The van der Waals surface area contributed by atoms with Crippen molar-refractivity contribution >= 4 is 21.8 Å². The molecule has 1 fully saturated rings. The maximum absolute atomic E-state index is 13.2. The molecule has 1 amide bonds. The van der Waals surface area contributed by atoms with Gasteiger partial charge in [0.1, 0.15) is 5.82 Å². The van der Waals surface area contributed by atoms with Gasteiger partial charge in [-0.05, 0) is 43.0 Å². The first-order valence-corrected chi connectivity index (χ1v) is 7.23. The van der Waals surface area contributed by atoms with Crippen molar-refractivity contribution in [2.24, 2.45) is 5.41 Å². The largest absolute Gasteiger partial charge is 0.351 e. The Labute approximate surface area is 121 Å². The van der Waals surface area contributed by atoms with Crippen LogP contribution in [-0.2, 0) is 0 Å². The van der Waals surface area contributed by atoms with Crippen LogP contribution in [0.5, 0.6) is 0 Å². The van der Waals surface area contributed by atoms with Crippen LogP contribution in [0.1, 0.15) is 30.1 Å². The van der Waals surface area contributed by atoms with Gasteiger partial charge in [-0.3, -0.25) is 4.79 Å². The lowest BCUT2D eigenvalue weighted by Crippen LogP contribution is -2.45. The zero-order chi connectivity index (χ0) is 13.9. The summed E-state index contributed by atoms with van der Waals surface area (Å²) in [5.41, 5.74) is 0.428. The van der Waals surface area contributed by atoms with Gasteiger partial charge in [0.05, 0.1) is 0 Å². The van der Waals surface area contributed by atoms with E-state index in [0.717, 1.165) is 25.9 Å².